The number of carboxylic acids is 1. The van der Waals surface area contributed by atoms with Crippen molar-refractivity contribution in [1.82, 2.24) is 10.6 Å². The molecule has 6 heteroatoms. The number of nitrogens with one attached hydrogen (secondary N) is 2. The van der Waals surface area contributed by atoms with Gasteiger partial charge in [0, 0.05) is 20.0 Å². The molecule has 0 radical (unpaired) electrons. The summed E-state index contributed by atoms with van der Waals surface area (Å²) in [6, 6.07) is 3.26. The zero-order chi connectivity index (χ0) is 14.4. The standard InChI is InChI=1S/C13H17FN2O3/c1-8-7-10(3-4-11(8)14)12(13(18)19)16-6-5-15-9(2)17/h3-4,7,12,16H,5-6H2,1-2H3,(H,15,17)(H,18,19). The minimum Gasteiger partial charge on any atom is -0.480 e. The highest BCUT2D eigenvalue weighted by atomic mass is 19.1. The summed E-state index contributed by atoms with van der Waals surface area (Å²) in [7, 11) is 0. The number of aryl methyl sites for hydroxylation is 1. The van der Waals surface area contributed by atoms with Crippen LogP contribution in [0.25, 0.3) is 0 Å². The maximum Gasteiger partial charge on any atom is 0.325 e. The maximum atomic E-state index is 13.1. The third-order valence-corrected chi connectivity index (χ3v) is 2.61. The van der Waals surface area contributed by atoms with Crippen molar-refractivity contribution in [2.75, 3.05) is 13.1 Å². The first-order chi connectivity index (χ1) is 8.91. The van der Waals surface area contributed by atoms with E-state index >= 15 is 0 Å². The molecule has 0 aliphatic heterocycles. The van der Waals surface area contributed by atoms with Crippen molar-refractivity contribution in [2.24, 2.45) is 0 Å². The number of carbonyl (C=O) groups excluding carboxylic acids is 1. The molecule has 19 heavy (non-hydrogen) atoms. The van der Waals surface area contributed by atoms with Gasteiger partial charge >= 0.3 is 5.97 Å². The number of rotatable bonds is 6. The number of aliphatic carboxylic acids is 1. The fraction of sp³-hybridized carbons (Fsp3) is 0.385. The molecule has 0 aliphatic rings. The Bertz CT molecular complexity index is 477. The Morgan fingerprint density at radius 1 is 1.37 bits per heavy atom. The molecule has 3 N–H and O–H groups in total. The minimum atomic E-state index is -1.05. The molecule has 5 nitrogen and oxygen atoms in total. The molecule has 1 rings (SSSR count). The van der Waals surface area contributed by atoms with Gasteiger partial charge in [-0.05, 0) is 24.1 Å². The lowest BCUT2D eigenvalue weighted by Crippen LogP contribution is -2.35. The van der Waals surface area contributed by atoms with Gasteiger partial charge in [-0.2, -0.15) is 0 Å². The van der Waals surface area contributed by atoms with Crippen LogP contribution >= 0.6 is 0 Å². The maximum absolute atomic E-state index is 13.1. The molecule has 104 valence electrons. The van der Waals surface area contributed by atoms with Gasteiger partial charge in [0.2, 0.25) is 5.91 Å². The third kappa shape index (κ3) is 4.67. The van der Waals surface area contributed by atoms with Crippen molar-refractivity contribution in [1.29, 1.82) is 0 Å². The molecular formula is C13H17FN2O3. The van der Waals surface area contributed by atoms with Crippen LogP contribution in [0.4, 0.5) is 4.39 Å². The number of amides is 1. The van der Waals surface area contributed by atoms with E-state index in [0.29, 0.717) is 24.2 Å². The molecular weight excluding hydrogens is 251 g/mol. The number of carbonyl (C=O) groups is 2. The van der Waals surface area contributed by atoms with Crippen LogP contribution in [0.1, 0.15) is 24.1 Å². The van der Waals surface area contributed by atoms with Crippen LogP contribution in [0, 0.1) is 12.7 Å². The van der Waals surface area contributed by atoms with Crippen molar-refractivity contribution in [3.05, 3.63) is 35.1 Å². The highest BCUT2D eigenvalue weighted by molar-refractivity contribution is 5.75. The second-order valence-corrected chi connectivity index (χ2v) is 4.22. The van der Waals surface area contributed by atoms with Crippen LogP contribution in [-0.2, 0) is 9.59 Å². The fourth-order valence-electron chi connectivity index (χ4n) is 1.65. The van der Waals surface area contributed by atoms with Gasteiger partial charge in [0.15, 0.2) is 0 Å². The van der Waals surface area contributed by atoms with E-state index in [9.17, 15) is 14.0 Å². The van der Waals surface area contributed by atoms with Gasteiger partial charge in [-0.15, -0.1) is 0 Å². The number of benzene rings is 1. The van der Waals surface area contributed by atoms with Gasteiger partial charge in [0.1, 0.15) is 11.9 Å². The average Bonchev–Trinajstić information content (AvgIpc) is 2.32. The van der Waals surface area contributed by atoms with E-state index in [1.807, 2.05) is 0 Å². The highest BCUT2D eigenvalue weighted by Gasteiger charge is 2.19. The van der Waals surface area contributed by atoms with E-state index in [0.717, 1.165) is 0 Å². The molecule has 0 aliphatic carbocycles. The van der Waals surface area contributed by atoms with Crippen LogP contribution in [0.3, 0.4) is 0 Å². The summed E-state index contributed by atoms with van der Waals surface area (Å²) in [6.07, 6.45) is 0. The summed E-state index contributed by atoms with van der Waals surface area (Å²) in [6.45, 7) is 3.61. The van der Waals surface area contributed by atoms with E-state index in [-0.39, 0.29) is 11.7 Å². The predicted molar refractivity (Wildman–Crippen MR) is 68.2 cm³/mol. The lowest BCUT2D eigenvalue weighted by molar-refractivity contribution is -0.139. The first-order valence-electron chi connectivity index (χ1n) is 5.88. The summed E-state index contributed by atoms with van der Waals surface area (Å²) < 4.78 is 13.1. The lowest BCUT2D eigenvalue weighted by Gasteiger charge is -2.15. The lowest BCUT2D eigenvalue weighted by atomic mass is 10.0. The Hall–Kier alpha value is -1.95. The first-order valence-corrected chi connectivity index (χ1v) is 5.88. The molecule has 0 aromatic heterocycles. The first kappa shape index (κ1) is 15.1. The smallest absolute Gasteiger partial charge is 0.325 e. The Morgan fingerprint density at radius 3 is 2.58 bits per heavy atom. The largest absolute Gasteiger partial charge is 0.480 e. The molecule has 0 fully saturated rings. The fourth-order valence-corrected chi connectivity index (χ4v) is 1.65. The Labute approximate surface area is 110 Å². The topological polar surface area (TPSA) is 78.4 Å². The summed E-state index contributed by atoms with van der Waals surface area (Å²) >= 11 is 0. The SMILES string of the molecule is CC(=O)NCCNC(C(=O)O)c1ccc(F)c(C)c1. The second kappa shape index (κ2) is 6.84. The van der Waals surface area contributed by atoms with Crippen molar-refractivity contribution in [3.63, 3.8) is 0 Å². The molecule has 1 amide bonds. The highest BCUT2D eigenvalue weighted by Crippen LogP contribution is 2.16. The van der Waals surface area contributed by atoms with Gasteiger partial charge in [-0.25, -0.2) is 4.39 Å². The van der Waals surface area contributed by atoms with Crippen molar-refractivity contribution >= 4 is 11.9 Å². The monoisotopic (exact) mass is 268 g/mol. The van der Waals surface area contributed by atoms with Crippen LogP contribution in [-0.4, -0.2) is 30.1 Å². The zero-order valence-electron chi connectivity index (χ0n) is 10.9. The summed E-state index contributed by atoms with van der Waals surface area (Å²) in [5.41, 5.74) is 0.877. The van der Waals surface area contributed by atoms with E-state index in [1.54, 1.807) is 6.92 Å². The van der Waals surface area contributed by atoms with Crippen molar-refractivity contribution in [3.8, 4) is 0 Å². The van der Waals surface area contributed by atoms with Gasteiger partial charge < -0.3 is 10.4 Å². The van der Waals surface area contributed by atoms with Crippen molar-refractivity contribution in [2.45, 2.75) is 19.9 Å². The zero-order valence-corrected chi connectivity index (χ0v) is 10.9. The van der Waals surface area contributed by atoms with Gasteiger partial charge in [0.25, 0.3) is 0 Å². The Balaban J connectivity index is 2.69. The minimum absolute atomic E-state index is 0.175. The predicted octanol–water partition coefficient (Wildman–Crippen LogP) is 0.986. The van der Waals surface area contributed by atoms with Crippen LogP contribution in [0.5, 0.6) is 0 Å². The number of halogens is 1. The molecule has 1 unspecified atom stereocenters. The summed E-state index contributed by atoms with van der Waals surface area (Å²) in [4.78, 5) is 21.9. The number of carboxylic acid groups (broad SMARTS) is 1. The molecule has 0 heterocycles. The van der Waals surface area contributed by atoms with E-state index < -0.39 is 12.0 Å². The second-order valence-electron chi connectivity index (χ2n) is 4.22. The normalized spacial score (nSPS) is 11.9. The molecule has 1 atom stereocenters. The number of hydrogen-bond acceptors (Lipinski definition) is 3. The Morgan fingerprint density at radius 2 is 2.05 bits per heavy atom. The average molecular weight is 268 g/mol. The van der Waals surface area contributed by atoms with Gasteiger partial charge in [0.05, 0.1) is 0 Å². The van der Waals surface area contributed by atoms with Crippen molar-refractivity contribution < 1.29 is 19.1 Å². The quantitative estimate of drug-likeness (QED) is 0.672. The van der Waals surface area contributed by atoms with E-state index in [1.165, 1.54) is 25.1 Å². The van der Waals surface area contributed by atoms with Crippen LogP contribution in [0.2, 0.25) is 0 Å². The van der Waals surface area contributed by atoms with E-state index in [2.05, 4.69) is 10.6 Å². The van der Waals surface area contributed by atoms with Gasteiger partial charge in [-0.1, -0.05) is 12.1 Å². The summed E-state index contributed by atoms with van der Waals surface area (Å²) in [5.74, 6) is -1.59. The molecule has 1 aromatic carbocycles. The molecule has 0 saturated heterocycles. The molecule has 0 saturated carbocycles. The van der Waals surface area contributed by atoms with E-state index in [4.69, 9.17) is 5.11 Å². The molecule has 0 bridgehead atoms. The molecule has 0 spiro atoms. The third-order valence-electron chi connectivity index (χ3n) is 2.61. The Kier molecular flexibility index (Phi) is 5.44. The number of hydrogen-bond donors (Lipinski definition) is 3. The van der Waals surface area contributed by atoms with Gasteiger partial charge in [-0.3, -0.25) is 14.9 Å². The summed E-state index contributed by atoms with van der Waals surface area (Å²) in [5, 5.41) is 14.5. The molecule has 1 aromatic rings. The van der Waals surface area contributed by atoms with Crippen LogP contribution < -0.4 is 10.6 Å². The van der Waals surface area contributed by atoms with Crippen LogP contribution in [0.15, 0.2) is 18.2 Å².